The summed E-state index contributed by atoms with van der Waals surface area (Å²) in [6.07, 6.45) is 4.84. The molecule has 0 aromatic heterocycles. The van der Waals surface area contributed by atoms with Crippen LogP contribution in [0.25, 0.3) is 0 Å². The molecular weight excluding hydrogens is 164 g/mol. The first kappa shape index (κ1) is 7.84. The van der Waals surface area contributed by atoms with Crippen molar-refractivity contribution in [3.63, 3.8) is 0 Å². The van der Waals surface area contributed by atoms with Gasteiger partial charge in [-0.25, -0.2) is 0 Å². The molecule has 13 heavy (non-hydrogen) atoms. The fourth-order valence-corrected chi connectivity index (χ4v) is 3.80. The van der Waals surface area contributed by atoms with Crippen LogP contribution in [-0.4, -0.2) is 12.6 Å². The Labute approximate surface area is 78.6 Å². The monoisotopic (exact) mass is 180 g/mol. The highest BCUT2D eigenvalue weighted by atomic mass is 16.5. The highest BCUT2D eigenvalue weighted by Gasteiger charge is 2.69. The average molecular weight is 180 g/mol. The van der Waals surface area contributed by atoms with E-state index >= 15 is 0 Å². The SMILES string of the molecule is CCOC(=O)[C@@]12CCC(C1)[C@H]1CC12. The van der Waals surface area contributed by atoms with E-state index in [0.29, 0.717) is 12.5 Å². The molecule has 4 atom stereocenters. The molecular formula is C11H16O2. The van der Waals surface area contributed by atoms with Crippen molar-refractivity contribution in [2.24, 2.45) is 23.2 Å². The highest BCUT2D eigenvalue weighted by Crippen LogP contribution is 2.72. The van der Waals surface area contributed by atoms with Crippen LogP contribution in [0.4, 0.5) is 0 Å². The van der Waals surface area contributed by atoms with Gasteiger partial charge < -0.3 is 4.74 Å². The van der Waals surface area contributed by atoms with E-state index in [4.69, 9.17) is 4.74 Å². The molecule has 3 rings (SSSR count). The van der Waals surface area contributed by atoms with Gasteiger partial charge in [-0.3, -0.25) is 4.79 Å². The predicted octanol–water partition coefficient (Wildman–Crippen LogP) is 1.99. The number of carbonyl (C=O) groups is 1. The van der Waals surface area contributed by atoms with Crippen LogP contribution in [0.2, 0.25) is 0 Å². The van der Waals surface area contributed by atoms with Crippen LogP contribution >= 0.6 is 0 Å². The number of ether oxygens (including phenoxy) is 1. The predicted molar refractivity (Wildman–Crippen MR) is 48.0 cm³/mol. The van der Waals surface area contributed by atoms with Gasteiger partial charge in [0.15, 0.2) is 0 Å². The van der Waals surface area contributed by atoms with Crippen LogP contribution in [-0.2, 0) is 9.53 Å². The maximum absolute atomic E-state index is 11.8. The molecule has 0 aromatic rings. The number of carbonyl (C=O) groups excluding carboxylic acids is 1. The first-order valence-electron chi connectivity index (χ1n) is 5.45. The number of hydrogen-bond acceptors (Lipinski definition) is 2. The molecule has 2 unspecified atom stereocenters. The lowest BCUT2D eigenvalue weighted by Gasteiger charge is -2.24. The van der Waals surface area contributed by atoms with Crippen molar-refractivity contribution in [1.82, 2.24) is 0 Å². The summed E-state index contributed by atoms with van der Waals surface area (Å²) in [5, 5.41) is 0. The van der Waals surface area contributed by atoms with Gasteiger partial charge in [0.2, 0.25) is 0 Å². The molecule has 0 amide bonds. The third kappa shape index (κ3) is 0.818. The molecule has 3 saturated carbocycles. The second-order valence-corrected chi connectivity index (χ2v) is 4.89. The first-order chi connectivity index (χ1) is 6.28. The molecule has 0 radical (unpaired) electrons. The minimum Gasteiger partial charge on any atom is -0.466 e. The quantitative estimate of drug-likeness (QED) is 0.607. The van der Waals surface area contributed by atoms with Crippen LogP contribution in [0.1, 0.15) is 32.6 Å². The lowest BCUT2D eigenvalue weighted by atomic mass is 9.82. The molecule has 3 fully saturated rings. The summed E-state index contributed by atoms with van der Waals surface area (Å²) >= 11 is 0. The van der Waals surface area contributed by atoms with E-state index in [1.165, 1.54) is 12.8 Å². The number of fused-ring (bicyclic) bond motifs is 5. The fourth-order valence-electron chi connectivity index (χ4n) is 3.80. The van der Waals surface area contributed by atoms with Crippen LogP contribution < -0.4 is 0 Å². The lowest BCUT2D eigenvalue weighted by molar-refractivity contribution is -0.156. The van der Waals surface area contributed by atoms with Gasteiger partial charge in [-0.1, -0.05) is 0 Å². The van der Waals surface area contributed by atoms with Gasteiger partial charge in [-0.2, -0.15) is 0 Å². The zero-order chi connectivity index (χ0) is 9.05. The molecule has 72 valence electrons. The second-order valence-electron chi connectivity index (χ2n) is 4.89. The minimum absolute atomic E-state index is 0.00859. The van der Waals surface area contributed by atoms with Crippen molar-refractivity contribution in [3.05, 3.63) is 0 Å². The average Bonchev–Trinajstić information content (AvgIpc) is 2.75. The van der Waals surface area contributed by atoms with Gasteiger partial charge in [-0.15, -0.1) is 0 Å². The molecule has 0 heterocycles. The largest absolute Gasteiger partial charge is 0.466 e. The smallest absolute Gasteiger partial charge is 0.312 e. The Kier molecular flexibility index (Phi) is 1.38. The van der Waals surface area contributed by atoms with E-state index in [-0.39, 0.29) is 11.4 Å². The van der Waals surface area contributed by atoms with E-state index in [9.17, 15) is 4.79 Å². The van der Waals surface area contributed by atoms with Gasteiger partial charge in [0.1, 0.15) is 0 Å². The van der Waals surface area contributed by atoms with E-state index in [0.717, 1.165) is 24.7 Å². The summed E-state index contributed by atoms with van der Waals surface area (Å²) in [4.78, 5) is 11.8. The van der Waals surface area contributed by atoms with Gasteiger partial charge in [-0.05, 0) is 50.4 Å². The molecule has 2 bridgehead atoms. The van der Waals surface area contributed by atoms with Gasteiger partial charge in [0.05, 0.1) is 12.0 Å². The zero-order valence-electron chi connectivity index (χ0n) is 8.08. The molecule has 3 aliphatic carbocycles. The summed E-state index contributed by atoms with van der Waals surface area (Å²) < 4.78 is 5.20. The lowest BCUT2D eigenvalue weighted by Crippen LogP contribution is -2.31. The van der Waals surface area contributed by atoms with Crippen molar-refractivity contribution >= 4 is 5.97 Å². The molecule has 0 aromatic carbocycles. The molecule has 0 spiro atoms. The van der Waals surface area contributed by atoms with Crippen molar-refractivity contribution in [2.75, 3.05) is 6.61 Å². The molecule has 0 saturated heterocycles. The normalized spacial score (nSPS) is 50.4. The van der Waals surface area contributed by atoms with Crippen molar-refractivity contribution < 1.29 is 9.53 Å². The Hall–Kier alpha value is -0.530. The Morgan fingerprint density at radius 2 is 2.46 bits per heavy atom. The molecule has 0 N–H and O–H groups in total. The summed E-state index contributed by atoms with van der Waals surface area (Å²) in [5.41, 5.74) is -0.00859. The maximum Gasteiger partial charge on any atom is 0.312 e. The van der Waals surface area contributed by atoms with Crippen molar-refractivity contribution in [3.8, 4) is 0 Å². The zero-order valence-corrected chi connectivity index (χ0v) is 8.08. The van der Waals surface area contributed by atoms with Gasteiger partial charge in [0, 0.05) is 0 Å². The summed E-state index contributed by atoms with van der Waals surface area (Å²) in [6.45, 7) is 2.45. The van der Waals surface area contributed by atoms with Crippen LogP contribution in [0, 0.1) is 23.2 Å². The number of esters is 1. The highest BCUT2D eigenvalue weighted by molar-refractivity contribution is 5.79. The van der Waals surface area contributed by atoms with E-state index in [1.54, 1.807) is 0 Å². The Morgan fingerprint density at radius 1 is 1.62 bits per heavy atom. The summed E-state index contributed by atoms with van der Waals surface area (Å²) in [5.74, 6) is 2.60. The van der Waals surface area contributed by atoms with E-state index < -0.39 is 0 Å². The van der Waals surface area contributed by atoms with Crippen LogP contribution in [0.3, 0.4) is 0 Å². The maximum atomic E-state index is 11.8. The Bertz CT molecular complexity index is 261. The minimum atomic E-state index is -0.00859. The molecule has 2 nitrogen and oxygen atoms in total. The topological polar surface area (TPSA) is 26.3 Å². The Morgan fingerprint density at radius 3 is 3.08 bits per heavy atom. The fraction of sp³-hybridized carbons (Fsp3) is 0.909. The van der Waals surface area contributed by atoms with E-state index in [2.05, 4.69) is 0 Å². The standard InChI is InChI=1S/C11H16O2/c1-2-13-10(12)11-4-3-7(6-11)8-5-9(8)11/h7-9H,2-6H2,1H3/t7?,8-,9?,11+/m1/s1. The van der Waals surface area contributed by atoms with Crippen LogP contribution in [0.5, 0.6) is 0 Å². The number of rotatable bonds is 2. The van der Waals surface area contributed by atoms with Crippen molar-refractivity contribution in [1.29, 1.82) is 0 Å². The van der Waals surface area contributed by atoms with E-state index in [1.807, 2.05) is 6.92 Å². The third-order valence-corrected chi connectivity index (χ3v) is 4.42. The van der Waals surface area contributed by atoms with Crippen LogP contribution in [0.15, 0.2) is 0 Å². The molecule has 0 aliphatic heterocycles. The summed E-state index contributed by atoms with van der Waals surface area (Å²) in [6, 6.07) is 0. The Balaban J connectivity index is 1.84. The number of hydrogen-bond donors (Lipinski definition) is 0. The molecule has 2 heteroatoms. The third-order valence-electron chi connectivity index (χ3n) is 4.42. The second kappa shape index (κ2) is 2.28. The van der Waals surface area contributed by atoms with Gasteiger partial charge >= 0.3 is 5.97 Å². The summed E-state index contributed by atoms with van der Waals surface area (Å²) in [7, 11) is 0. The molecule has 3 aliphatic rings. The van der Waals surface area contributed by atoms with Gasteiger partial charge in [0.25, 0.3) is 0 Å². The van der Waals surface area contributed by atoms with Crippen molar-refractivity contribution in [2.45, 2.75) is 32.6 Å². The first-order valence-corrected chi connectivity index (χ1v) is 5.45.